The highest BCUT2D eigenvalue weighted by atomic mass is 16.4. The Bertz CT molecular complexity index is 313. The van der Waals surface area contributed by atoms with E-state index >= 15 is 0 Å². The van der Waals surface area contributed by atoms with E-state index in [0.717, 1.165) is 25.7 Å². The predicted molar refractivity (Wildman–Crippen MR) is 62.3 cm³/mol. The number of carboxylic acid groups (broad SMARTS) is 1. The zero-order valence-corrected chi connectivity index (χ0v) is 9.97. The molecule has 2 fully saturated rings. The van der Waals surface area contributed by atoms with Crippen LogP contribution in [0.5, 0.6) is 0 Å². The van der Waals surface area contributed by atoms with Gasteiger partial charge in [-0.25, -0.2) is 4.79 Å². The number of amides is 1. The first-order valence-electron chi connectivity index (χ1n) is 6.38. The second kappa shape index (κ2) is 5.04. The number of nitrogens with two attached hydrogens (primary N) is 1. The van der Waals surface area contributed by atoms with Gasteiger partial charge in [0.05, 0.1) is 0 Å². The van der Waals surface area contributed by atoms with Crippen LogP contribution in [0.2, 0.25) is 0 Å². The average Bonchev–Trinajstić information content (AvgIpc) is 2.72. The van der Waals surface area contributed by atoms with E-state index in [1.165, 1.54) is 11.3 Å². The van der Waals surface area contributed by atoms with Crippen LogP contribution >= 0.6 is 0 Å². The highest BCUT2D eigenvalue weighted by Crippen LogP contribution is 2.28. The molecule has 1 saturated heterocycles. The third kappa shape index (κ3) is 2.60. The summed E-state index contributed by atoms with van der Waals surface area (Å²) >= 11 is 0. The molecule has 17 heavy (non-hydrogen) atoms. The van der Waals surface area contributed by atoms with Gasteiger partial charge in [-0.15, -0.1) is 0 Å². The van der Waals surface area contributed by atoms with Gasteiger partial charge in [0.15, 0.2) is 0 Å². The van der Waals surface area contributed by atoms with Crippen molar-refractivity contribution in [3.63, 3.8) is 0 Å². The van der Waals surface area contributed by atoms with Crippen molar-refractivity contribution in [1.82, 2.24) is 4.90 Å². The SMILES string of the molecule is N[C@H]1C[C@@H](C(=O)O)N(C(=O)C2CCCCC2)C1. The molecule has 0 aromatic rings. The van der Waals surface area contributed by atoms with Gasteiger partial charge in [-0.1, -0.05) is 19.3 Å². The molecule has 2 aliphatic rings. The largest absolute Gasteiger partial charge is 0.480 e. The first-order valence-corrected chi connectivity index (χ1v) is 6.38. The van der Waals surface area contributed by atoms with E-state index in [2.05, 4.69) is 0 Å². The average molecular weight is 240 g/mol. The van der Waals surface area contributed by atoms with Gasteiger partial charge in [0.1, 0.15) is 6.04 Å². The Morgan fingerprint density at radius 1 is 1.18 bits per heavy atom. The summed E-state index contributed by atoms with van der Waals surface area (Å²) < 4.78 is 0. The second-order valence-corrected chi connectivity index (χ2v) is 5.18. The maximum atomic E-state index is 12.3. The van der Waals surface area contributed by atoms with Crippen molar-refractivity contribution in [3.05, 3.63) is 0 Å². The lowest BCUT2D eigenvalue weighted by molar-refractivity contribution is -0.150. The molecule has 0 bridgehead atoms. The lowest BCUT2D eigenvalue weighted by Crippen LogP contribution is -2.44. The Hall–Kier alpha value is -1.10. The molecular formula is C12H20N2O3. The quantitative estimate of drug-likeness (QED) is 0.739. The Labute approximate surface area is 101 Å². The van der Waals surface area contributed by atoms with Crippen LogP contribution in [0.25, 0.3) is 0 Å². The fraction of sp³-hybridized carbons (Fsp3) is 0.833. The number of rotatable bonds is 2. The van der Waals surface area contributed by atoms with Gasteiger partial charge >= 0.3 is 5.97 Å². The van der Waals surface area contributed by atoms with Crippen molar-refractivity contribution in [2.75, 3.05) is 6.54 Å². The molecule has 5 nitrogen and oxygen atoms in total. The molecule has 3 N–H and O–H groups in total. The molecular weight excluding hydrogens is 220 g/mol. The maximum Gasteiger partial charge on any atom is 0.326 e. The van der Waals surface area contributed by atoms with Crippen LogP contribution < -0.4 is 5.73 Å². The summed E-state index contributed by atoms with van der Waals surface area (Å²) in [5.74, 6) is -0.900. The number of likely N-dealkylation sites (tertiary alicyclic amines) is 1. The molecule has 1 heterocycles. The number of nitrogens with zero attached hydrogens (tertiary/aromatic N) is 1. The summed E-state index contributed by atoms with van der Waals surface area (Å²) in [6.45, 7) is 0.395. The van der Waals surface area contributed by atoms with Crippen LogP contribution in [-0.2, 0) is 9.59 Å². The zero-order chi connectivity index (χ0) is 12.4. The molecule has 5 heteroatoms. The Kier molecular flexibility index (Phi) is 3.66. The van der Waals surface area contributed by atoms with E-state index < -0.39 is 12.0 Å². The van der Waals surface area contributed by atoms with Gasteiger partial charge in [0.25, 0.3) is 0 Å². The van der Waals surface area contributed by atoms with Crippen molar-refractivity contribution in [2.24, 2.45) is 11.7 Å². The van der Waals surface area contributed by atoms with E-state index in [0.29, 0.717) is 13.0 Å². The number of hydrogen-bond acceptors (Lipinski definition) is 3. The van der Waals surface area contributed by atoms with Crippen LogP contribution in [0.15, 0.2) is 0 Å². The van der Waals surface area contributed by atoms with Crippen LogP contribution in [-0.4, -0.2) is 40.5 Å². The molecule has 1 saturated carbocycles. The molecule has 2 atom stereocenters. The topological polar surface area (TPSA) is 83.6 Å². The third-order valence-corrected chi connectivity index (χ3v) is 3.86. The highest BCUT2D eigenvalue weighted by molar-refractivity contribution is 5.86. The zero-order valence-electron chi connectivity index (χ0n) is 9.97. The molecule has 96 valence electrons. The third-order valence-electron chi connectivity index (χ3n) is 3.86. The Morgan fingerprint density at radius 3 is 2.41 bits per heavy atom. The Balaban J connectivity index is 2.04. The van der Waals surface area contributed by atoms with Gasteiger partial charge in [-0.05, 0) is 19.3 Å². The fourth-order valence-electron chi connectivity index (χ4n) is 2.93. The summed E-state index contributed by atoms with van der Waals surface area (Å²) in [5.41, 5.74) is 5.76. The molecule has 2 rings (SSSR count). The smallest absolute Gasteiger partial charge is 0.326 e. The minimum Gasteiger partial charge on any atom is -0.480 e. The van der Waals surface area contributed by atoms with Gasteiger partial charge in [-0.3, -0.25) is 4.79 Å². The van der Waals surface area contributed by atoms with Gasteiger partial charge in [-0.2, -0.15) is 0 Å². The predicted octanol–water partition coefficient (Wildman–Crippen LogP) is 0.579. The minimum absolute atomic E-state index is 0.00468. The second-order valence-electron chi connectivity index (χ2n) is 5.18. The molecule has 0 unspecified atom stereocenters. The van der Waals surface area contributed by atoms with Gasteiger partial charge in [0.2, 0.25) is 5.91 Å². The van der Waals surface area contributed by atoms with E-state index in [-0.39, 0.29) is 17.9 Å². The number of hydrogen-bond donors (Lipinski definition) is 2. The van der Waals surface area contributed by atoms with E-state index in [9.17, 15) is 9.59 Å². The molecule has 1 aliphatic heterocycles. The lowest BCUT2D eigenvalue weighted by atomic mass is 9.88. The molecule has 1 aliphatic carbocycles. The summed E-state index contributed by atoms with van der Waals surface area (Å²) in [6.07, 6.45) is 5.52. The number of carbonyl (C=O) groups excluding carboxylic acids is 1. The van der Waals surface area contributed by atoms with Crippen LogP contribution in [0, 0.1) is 5.92 Å². The highest BCUT2D eigenvalue weighted by Gasteiger charge is 2.40. The van der Waals surface area contributed by atoms with Crippen molar-refractivity contribution < 1.29 is 14.7 Å². The van der Waals surface area contributed by atoms with Crippen LogP contribution in [0.3, 0.4) is 0 Å². The summed E-state index contributed by atoms with van der Waals surface area (Å²) in [5, 5.41) is 9.10. The summed E-state index contributed by atoms with van der Waals surface area (Å²) in [6, 6.07) is -0.900. The first-order chi connectivity index (χ1) is 8.09. The fourth-order valence-corrected chi connectivity index (χ4v) is 2.93. The molecule has 0 spiro atoms. The lowest BCUT2D eigenvalue weighted by Gasteiger charge is -2.28. The monoisotopic (exact) mass is 240 g/mol. The normalized spacial score (nSPS) is 30.5. The number of carbonyl (C=O) groups is 2. The Morgan fingerprint density at radius 2 is 1.82 bits per heavy atom. The van der Waals surface area contributed by atoms with Gasteiger partial charge in [0, 0.05) is 18.5 Å². The van der Waals surface area contributed by atoms with E-state index in [4.69, 9.17) is 10.8 Å². The van der Waals surface area contributed by atoms with Crippen molar-refractivity contribution in [1.29, 1.82) is 0 Å². The minimum atomic E-state index is -0.929. The standard InChI is InChI=1S/C12H20N2O3/c13-9-6-10(12(16)17)14(7-9)11(15)8-4-2-1-3-5-8/h8-10H,1-7,13H2,(H,16,17)/t9-,10-/m0/s1. The summed E-state index contributed by atoms with van der Waals surface area (Å²) in [7, 11) is 0. The van der Waals surface area contributed by atoms with E-state index in [1.807, 2.05) is 0 Å². The summed E-state index contributed by atoms with van der Waals surface area (Å²) in [4.78, 5) is 24.9. The first kappa shape index (κ1) is 12.4. The van der Waals surface area contributed by atoms with Crippen LogP contribution in [0.4, 0.5) is 0 Å². The molecule has 0 aromatic carbocycles. The van der Waals surface area contributed by atoms with Crippen molar-refractivity contribution >= 4 is 11.9 Å². The maximum absolute atomic E-state index is 12.3. The van der Waals surface area contributed by atoms with Gasteiger partial charge < -0.3 is 15.7 Å². The molecule has 0 radical (unpaired) electrons. The van der Waals surface area contributed by atoms with E-state index in [1.54, 1.807) is 0 Å². The van der Waals surface area contributed by atoms with Crippen molar-refractivity contribution in [2.45, 2.75) is 50.6 Å². The van der Waals surface area contributed by atoms with Crippen LogP contribution in [0.1, 0.15) is 38.5 Å². The van der Waals surface area contributed by atoms with Crippen molar-refractivity contribution in [3.8, 4) is 0 Å². The number of carboxylic acids is 1. The number of aliphatic carboxylic acids is 1. The molecule has 1 amide bonds. The molecule has 0 aromatic heterocycles.